The number of carbonyl (C=O) groups excluding carboxylic acids is 1. The fraction of sp³-hybridized carbons (Fsp3) is 0.778. The molecular weight excluding hydrogens is 334 g/mol. The highest BCUT2D eigenvalue weighted by Crippen LogP contribution is 2.31. The normalized spacial score (nSPS) is 19.7. The third-order valence-corrected chi connectivity index (χ3v) is 6.29. The summed E-state index contributed by atoms with van der Waals surface area (Å²) < 4.78 is 1.69. The molecule has 6 nitrogen and oxygen atoms in total. The van der Waals surface area contributed by atoms with Gasteiger partial charge in [0, 0.05) is 12.1 Å². The van der Waals surface area contributed by atoms with Crippen LogP contribution in [0.2, 0.25) is 0 Å². The van der Waals surface area contributed by atoms with E-state index in [2.05, 4.69) is 27.0 Å². The predicted octanol–water partition coefficient (Wildman–Crippen LogP) is 3.45. The minimum absolute atomic E-state index is 0.261. The van der Waals surface area contributed by atoms with E-state index >= 15 is 0 Å². The van der Waals surface area contributed by atoms with Crippen molar-refractivity contribution in [2.75, 3.05) is 5.75 Å². The molecule has 3 rings (SSSR count). The van der Waals surface area contributed by atoms with Crippen molar-refractivity contribution in [3.63, 3.8) is 0 Å². The quantitative estimate of drug-likeness (QED) is 0.548. The van der Waals surface area contributed by atoms with Crippen LogP contribution in [-0.4, -0.2) is 48.9 Å². The maximum absolute atomic E-state index is 13.1. The highest BCUT2D eigenvalue weighted by atomic mass is 32.2. The first-order valence-corrected chi connectivity index (χ1v) is 10.6. The second kappa shape index (κ2) is 9.36. The van der Waals surface area contributed by atoms with Crippen LogP contribution in [0.25, 0.3) is 0 Å². The Bertz CT molecular complexity index is 546. The van der Waals surface area contributed by atoms with Crippen molar-refractivity contribution in [2.24, 2.45) is 0 Å². The zero-order chi connectivity index (χ0) is 17.5. The molecule has 2 aliphatic rings. The fourth-order valence-electron chi connectivity index (χ4n) is 4.16. The van der Waals surface area contributed by atoms with E-state index < -0.39 is 0 Å². The lowest BCUT2D eigenvalue weighted by molar-refractivity contribution is -0.135. The molecule has 2 fully saturated rings. The Morgan fingerprint density at radius 2 is 1.72 bits per heavy atom. The van der Waals surface area contributed by atoms with Crippen molar-refractivity contribution in [1.29, 1.82) is 0 Å². The van der Waals surface area contributed by atoms with Crippen LogP contribution in [0, 0.1) is 0 Å². The number of thioether (sulfide) groups is 1. The van der Waals surface area contributed by atoms with E-state index in [1.165, 1.54) is 76.0 Å². The number of rotatable bonds is 7. The molecule has 0 saturated heterocycles. The molecule has 0 unspecified atom stereocenters. The lowest BCUT2D eigenvalue weighted by Crippen LogP contribution is -2.49. The molecule has 0 atom stereocenters. The number of nitrogens with zero attached hydrogens (tertiary/aromatic N) is 5. The zero-order valence-electron chi connectivity index (χ0n) is 15.0. The first-order chi connectivity index (χ1) is 12.3. The first-order valence-electron chi connectivity index (χ1n) is 9.60. The molecule has 0 spiro atoms. The van der Waals surface area contributed by atoms with Crippen molar-refractivity contribution < 1.29 is 4.79 Å². The van der Waals surface area contributed by atoms with Crippen LogP contribution in [0.3, 0.4) is 0 Å². The number of allylic oxidation sites excluding steroid dienone is 1. The van der Waals surface area contributed by atoms with Crippen LogP contribution < -0.4 is 0 Å². The van der Waals surface area contributed by atoms with Gasteiger partial charge < -0.3 is 4.90 Å². The van der Waals surface area contributed by atoms with Gasteiger partial charge in [0.2, 0.25) is 11.1 Å². The van der Waals surface area contributed by atoms with Crippen LogP contribution in [0.15, 0.2) is 17.8 Å². The third-order valence-electron chi connectivity index (χ3n) is 5.35. The van der Waals surface area contributed by atoms with Gasteiger partial charge in [-0.2, -0.15) is 0 Å². The average molecular weight is 364 g/mol. The van der Waals surface area contributed by atoms with Gasteiger partial charge in [-0.15, -0.1) is 11.7 Å². The molecule has 0 bridgehead atoms. The number of hydrogen-bond donors (Lipinski definition) is 0. The number of carbonyl (C=O) groups is 1. The Kier molecular flexibility index (Phi) is 6.90. The maximum Gasteiger partial charge on any atom is 0.233 e. The van der Waals surface area contributed by atoms with E-state index in [-0.39, 0.29) is 5.91 Å². The van der Waals surface area contributed by atoms with Crippen LogP contribution in [-0.2, 0) is 11.3 Å². The first kappa shape index (κ1) is 18.4. The van der Waals surface area contributed by atoms with E-state index in [1.807, 2.05) is 0 Å². The van der Waals surface area contributed by atoms with Crippen molar-refractivity contribution in [1.82, 2.24) is 25.1 Å². The van der Waals surface area contributed by atoms with Crippen LogP contribution >= 0.6 is 11.8 Å². The number of tetrazole rings is 1. The van der Waals surface area contributed by atoms with Crippen LogP contribution in [0.5, 0.6) is 0 Å². The number of hydrogen-bond acceptors (Lipinski definition) is 5. The second-order valence-electron chi connectivity index (χ2n) is 7.11. The standard InChI is InChI=1S/C18H29N5OS/c1-2-13-22-18(19-20-21-22)25-14-17(24)23(15-9-5-3-6-10-15)16-11-7-4-8-12-16/h2,15-16H,1,3-14H2. The molecular formula is C18H29N5OS. The minimum Gasteiger partial charge on any atom is -0.336 e. The van der Waals surface area contributed by atoms with Gasteiger partial charge in [0.05, 0.1) is 12.3 Å². The summed E-state index contributed by atoms with van der Waals surface area (Å²) in [5.41, 5.74) is 0. The summed E-state index contributed by atoms with van der Waals surface area (Å²) in [6.07, 6.45) is 14.1. The summed E-state index contributed by atoms with van der Waals surface area (Å²) >= 11 is 1.45. The van der Waals surface area contributed by atoms with Crippen LogP contribution in [0.4, 0.5) is 0 Å². The van der Waals surface area contributed by atoms with E-state index in [0.29, 0.717) is 29.5 Å². The molecule has 7 heteroatoms. The molecule has 2 saturated carbocycles. The van der Waals surface area contributed by atoms with Gasteiger partial charge in [-0.25, -0.2) is 4.68 Å². The number of aromatic nitrogens is 4. The summed E-state index contributed by atoms with van der Waals surface area (Å²) in [6.45, 7) is 4.29. The maximum atomic E-state index is 13.1. The molecule has 25 heavy (non-hydrogen) atoms. The molecule has 138 valence electrons. The van der Waals surface area contributed by atoms with Gasteiger partial charge in [0.25, 0.3) is 0 Å². The number of amides is 1. The Morgan fingerprint density at radius 1 is 1.12 bits per heavy atom. The highest BCUT2D eigenvalue weighted by Gasteiger charge is 2.32. The minimum atomic E-state index is 0.261. The summed E-state index contributed by atoms with van der Waals surface area (Å²) in [7, 11) is 0. The van der Waals surface area contributed by atoms with E-state index in [9.17, 15) is 4.79 Å². The Labute approximate surface area is 154 Å². The smallest absolute Gasteiger partial charge is 0.233 e. The molecule has 0 N–H and O–H groups in total. The monoisotopic (exact) mass is 363 g/mol. The van der Waals surface area contributed by atoms with Crippen molar-refractivity contribution in [3.05, 3.63) is 12.7 Å². The van der Waals surface area contributed by atoms with Crippen molar-refractivity contribution in [3.8, 4) is 0 Å². The molecule has 1 heterocycles. The van der Waals surface area contributed by atoms with Gasteiger partial charge in [-0.1, -0.05) is 56.4 Å². The van der Waals surface area contributed by atoms with Gasteiger partial charge >= 0.3 is 0 Å². The molecule has 1 aromatic rings. The van der Waals surface area contributed by atoms with E-state index in [0.717, 1.165) is 0 Å². The summed E-state index contributed by atoms with van der Waals surface area (Å²) in [5.74, 6) is 0.682. The highest BCUT2D eigenvalue weighted by molar-refractivity contribution is 7.99. The van der Waals surface area contributed by atoms with Crippen molar-refractivity contribution in [2.45, 2.75) is 88.0 Å². The molecule has 1 aromatic heterocycles. The van der Waals surface area contributed by atoms with Crippen LogP contribution in [0.1, 0.15) is 64.2 Å². The predicted molar refractivity (Wildman–Crippen MR) is 99.3 cm³/mol. The SMILES string of the molecule is C=CCn1nnnc1SCC(=O)N(C1CCCCC1)C1CCCCC1. The Hall–Kier alpha value is -1.37. The molecule has 0 aromatic carbocycles. The lowest BCUT2D eigenvalue weighted by Gasteiger charge is -2.41. The third kappa shape index (κ3) is 4.84. The van der Waals surface area contributed by atoms with Gasteiger partial charge in [0.1, 0.15) is 0 Å². The fourth-order valence-corrected chi connectivity index (χ4v) is 4.92. The lowest BCUT2D eigenvalue weighted by atomic mass is 9.88. The summed E-state index contributed by atoms with van der Waals surface area (Å²) in [5, 5.41) is 12.4. The average Bonchev–Trinajstić information content (AvgIpc) is 3.10. The van der Waals surface area contributed by atoms with Gasteiger partial charge in [-0.3, -0.25) is 4.79 Å². The second-order valence-corrected chi connectivity index (χ2v) is 8.05. The zero-order valence-corrected chi connectivity index (χ0v) is 15.8. The molecule has 1 amide bonds. The molecule has 0 radical (unpaired) electrons. The molecule has 0 aliphatic heterocycles. The van der Waals surface area contributed by atoms with Gasteiger partial charge in [-0.05, 0) is 36.1 Å². The van der Waals surface area contributed by atoms with E-state index in [1.54, 1.807) is 10.8 Å². The Morgan fingerprint density at radius 3 is 2.28 bits per heavy atom. The summed E-state index contributed by atoms with van der Waals surface area (Å²) in [4.78, 5) is 15.4. The topological polar surface area (TPSA) is 63.9 Å². The van der Waals surface area contributed by atoms with E-state index in [4.69, 9.17) is 0 Å². The van der Waals surface area contributed by atoms with Crippen molar-refractivity contribution >= 4 is 17.7 Å². The summed E-state index contributed by atoms with van der Waals surface area (Å²) in [6, 6.07) is 0.878. The Balaban J connectivity index is 1.65. The molecule has 2 aliphatic carbocycles. The van der Waals surface area contributed by atoms with Gasteiger partial charge in [0.15, 0.2) is 0 Å². The largest absolute Gasteiger partial charge is 0.336 e.